The van der Waals surface area contributed by atoms with Crippen molar-refractivity contribution in [2.24, 2.45) is 0 Å². The zero-order chi connectivity index (χ0) is 17.6. The summed E-state index contributed by atoms with van der Waals surface area (Å²) in [6, 6.07) is 0. The summed E-state index contributed by atoms with van der Waals surface area (Å²) >= 11 is 0.149. The summed E-state index contributed by atoms with van der Waals surface area (Å²) in [5, 5.41) is 8.41. The predicted molar refractivity (Wildman–Crippen MR) is 105 cm³/mol. The van der Waals surface area contributed by atoms with E-state index in [2.05, 4.69) is 20.8 Å². The van der Waals surface area contributed by atoms with Gasteiger partial charge in [0.25, 0.3) is 0 Å². The second-order valence-corrected chi connectivity index (χ2v) is 10.7. The number of rotatable bonds is 16. The fourth-order valence-corrected chi connectivity index (χ4v) is 6.47. The van der Waals surface area contributed by atoms with Gasteiger partial charge in [-0.2, -0.15) is 0 Å². The second kappa shape index (κ2) is 24.5. The second-order valence-electron chi connectivity index (χ2n) is 6.43. The molecule has 0 aliphatic heterocycles. The molecule has 0 fully saturated rings. The molecule has 0 heterocycles. The number of carbonyl (C=O) groups is 1. The van der Waals surface area contributed by atoms with Gasteiger partial charge in [0.2, 0.25) is 0 Å². The summed E-state index contributed by atoms with van der Waals surface area (Å²) in [5.41, 5.74) is 0. The van der Waals surface area contributed by atoms with Gasteiger partial charge >= 0.3 is 75.5 Å². The van der Waals surface area contributed by atoms with Crippen LogP contribution < -0.4 is 0 Å². The van der Waals surface area contributed by atoms with E-state index in [1.807, 2.05) is 0 Å². The van der Waals surface area contributed by atoms with Crippen molar-refractivity contribution in [2.75, 3.05) is 0 Å². The summed E-state index contributed by atoms with van der Waals surface area (Å²) < 4.78 is 3.25. The van der Waals surface area contributed by atoms with Gasteiger partial charge in [0.05, 0.1) is 0 Å². The first-order valence-electron chi connectivity index (χ1n) is 10.1. The van der Waals surface area contributed by atoms with Crippen LogP contribution in [0, 0.1) is 0 Å². The topological polar surface area (TPSA) is 37.3 Å². The Labute approximate surface area is 156 Å². The maximum atomic E-state index is 10.2. The van der Waals surface area contributed by atoms with Crippen molar-refractivity contribution in [3.63, 3.8) is 0 Å². The first-order valence-corrected chi connectivity index (χ1v) is 14.1. The van der Waals surface area contributed by atoms with E-state index in [1.165, 1.54) is 70.6 Å². The Morgan fingerprint density at radius 2 is 1.04 bits per heavy atom. The van der Waals surface area contributed by atoms with Crippen LogP contribution >= 0.6 is 0 Å². The number of unbranched alkanes of at least 4 members (excludes halogenated alkanes) is 10. The Bertz CT molecular complexity index is 214. The van der Waals surface area contributed by atoms with E-state index in [4.69, 9.17) is 5.11 Å². The van der Waals surface area contributed by atoms with Gasteiger partial charge in [0.15, 0.2) is 0 Å². The van der Waals surface area contributed by atoms with E-state index in [0.29, 0.717) is 6.42 Å². The van der Waals surface area contributed by atoms with Gasteiger partial charge in [-0.15, -0.1) is 0 Å². The number of hydrogen-bond donors (Lipinski definition) is 1. The standard InChI is InChI=1S/C12H24O2.2C4H9.Sn/c1-2-3-4-5-6-7-8-9-10-11-12(13)14;2*1-3-4-2;/h2-11H2,1H3,(H,13,14);2*1,3-4H2,2H3;/q;;;+2. The van der Waals surface area contributed by atoms with Crippen LogP contribution in [0.1, 0.15) is 111 Å². The van der Waals surface area contributed by atoms with Crippen molar-refractivity contribution in [1.82, 2.24) is 0 Å². The van der Waals surface area contributed by atoms with Gasteiger partial charge in [-0.1, -0.05) is 58.3 Å². The fourth-order valence-electron chi connectivity index (χ4n) is 2.32. The SMILES string of the molecule is CCCCCCCCCCCC(=O)O.CCC[CH2][Sn+2][CH2]CCC. The van der Waals surface area contributed by atoms with Crippen molar-refractivity contribution in [2.45, 2.75) is 120 Å². The van der Waals surface area contributed by atoms with Gasteiger partial charge in [-0.05, 0) is 6.42 Å². The van der Waals surface area contributed by atoms with E-state index >= 15 is 0 Å². The molecule has 3 heteroatoms. The first-order chi connectivity index (χ1) is 11.2. The first kappa shape index (κ1) is 25.5. The molecule has 1 N–H and O–H groups in total. The third kappa shape index (κ3) is 30.7. The summed E-state index contributed by atoms with van der Waals surface area (Å²) in [4.78, 5) is 10.2. The minimum absolute atomic E-state index is 0.149. The van der Waals surface area contributed by atoms with Crippen LogP contribution in [0.15, 0.2) is 0 Å². The van der Waals surface area contributed by atoms with Crippen molar-refractivity contribution < 1.29 is 9.90 Å². The molecule has 0 aromatic carbocycles. The molecule has 0 aliphatic carbocycles. The molecule has 0 bridgehead atoms. The molecule has 0 radical (unpaired) electrons. The van der Waals surface area contributed by atoms with Crippen LogP contribution in [0.5, 0.6) is 0 Å². The summed E-state index contributed by atoms with van der Waals surface area (Å²) in [7, 11) is 0. The summed E-state index contributed by atoms with van der Waals surface area (Å²) in [6.07, 6.45) is 17.3. The van der Waals surface area contributed by atoms with Crippen LogP contribution in [0.25, 0.3) is 0 Å². The average molecular weight is 433 g/mol. The Morgan fingerprint density at radius 1 is 0.652 bits per heavy atom. The van der Waals surface area contributed by atoms with Crippen molar-refractivity contribution in [3.8, 4) is 0 Å². The van der Waals surface area contributed by atoms with Crippen LogP contribution in [-0.2, 0) is 4.79 Å². The van der Waals surface area contributed by atoms with Crippen molar-refractivity contribution >= 4 is 27.1 Å². The Balaban J connectivity index is 0. The molecule has 136 valence electrons. The predicted octanol–water partition coefficient (Wildman–Crippen LogP) is 7.12. The average Bonchev–Trinajstić information content (AvgIpc) is 2.54. The molecular formula is C20H42O2Sn+2. The molecule has 0 amide bonds. The Kier molecular flexibility index (Phi) is 27.2. The molecule has 23 heavy (non-hydrogen) atoms. The molecule has 0 aromatic rings. The molecule has 0 saturated heterocycles. The van der Waals surface area contributed by atoms with Gasteiger partial charge in [-0.25, -0.2) is 0 Å². The monoisotopic (exact) mass is 434 g/mol. The minimum atomic E-state index is -0.659. The van der Waals surface area contributed by atoms with Crippen LogP contribution in [-0.4, -0.2) is 32.2 Å². The number of aliphatic carboxylic acids is 1. The summed E-state index contributed by atoms with van der Waals surface area (Å²) in [6.45, 7) is 6.81. The normalized spacial score (nSPS) is 9.87. The molecule has 0 aliphatic rings. The third-order valence-electron chi connectivity index (χ3n) is 3.91. The number of carboxylic acid groups (broad SMARTS) is 1. The van der Waals surface area contributed by atoms with Gasteiger partial charge in [0, 0.05) is 6.42 Å². The van der Waals surface area contributed by atoms with E-state index in [9.17, 15) is 4.79 Å². The van der Waals surface area contributed by atoms with Gasteiger partial charge in [0.1, 0.15) is 0 Å². The van der Waals surface area contributed by atoms with E-state index < -0.39 is 5.97 Å². The van der Waals surface area contributed by atoms with Gasteiger partial charge < -0.3 is 5.11 Å². The Morgan fingerprint density at radius 3 is 1.43 bits per heavy atom. The van der Waals surface area contributed by atoms with Crippen molar-refractivity contribution in [3.05, 3.63) is 0 Å². The van der Waals surface area contributed by atoms with Crippen molar-refractivity contribution in [1.29, 1.82) is 0 Å². The number of hydrogen-bond acceptors (Lipinski definition) is 1. The van der Waals surface area contributed by atoms with Crippen LogP contribution in [0.2, 0.25) is 8.87 Å². The quantitative estimate of drug-likeness (QED) is 0.208. The molecule has 2 nitrogen and oxygen atoms in total. The van der Waals surface area contributed by atoms with Crippen LogP contribution in [0.4, 0.5) is 0 Å². The van der Waals surface area contributed by atoms with E-state index in [-0.39, 0.29) is 21.1 Å². The molecule has 0 saturated carbocycles. The third-order valence-corrected chi connectivity index (χ3v) is 7.94. The van der Waals surface area contributed by atoms with E-state index in [1.54, 1.807) is 8.87 Å². The van der Waals surface area contributed by atoms with Gasteiger partial charge in [-0.3, -0.25) is 4.79 Å². The molecule has 0 rings (SSSR count). The van der Waals surface area contributed by atoms with Crippen LogP contribution in [0.3, 0.4) is 0 Å². The molecule has 0 atom stereocenters. The van der Waals surface area contributed by atoms with E-state index in [0.717, 1.165) is 12.8 Å². The molecular weight excluding hydrogens is 391 g/mol. The zero-order valence-corrected chi connectivity index (χ0v) is 19.0. The zero-order valence-electron chi connectivity index (χ0n) is 16.2. The molecule has 0 aromatic heterocycles. The fraction of sp³-hybridized carbons (Fsp3) is 0.950. The Hall–Kier alpha value is 0.269. The molecule has 0 spiro atoms. The molecule has 0 unspecified atom stereocenters. The summed E-state index contributed by atoms with van der Waals surface area (Å²) in [5.74, 6) is -0.659. The number of carboxylic acids is 1. The maximum absolute atomic E-state index is 10.2.